The van der Waals surface area contributed by atoms with E-state index in [0.29, 0.717) is 12.0 Å². The highest BCUT2D eigenvalue weighted by Crippen LogP contribution is 2.48. The minimum atomic E-state index is 0.620. The van der Waals surface area contributed by atoms with Crippen molar-refractivity contribution < 1.29 is 0 Å². The normalized spacial score (nSPS) is 17.3. The Kier molecular flexibility index (Phi) is 4.18. The molecule has 96 valence electrons. The SMILES string of the molecule is CCCC1(CNCc2cn(CCN)cn2)CC1. The van der Waals surface area contributed by atoms with Crippen LogP contribution in [0, 0.1) is 5.41 Å². The highest BCUT2D eigenvalue weighted by molar-refractivity contribution is 4.98. The van der Waals surface area contributed by atoms with Gasteiger partial charge in [0, 0.05) is 32.4 Å². The first kappa shape index (κ1) is 12.6. The highest BCUT2D eigenvalue weighted by Gasteiger charge is 2.40. The lowest BCUT2D eigenvalue weighted by Crippen LogP contribution is -2.23. The first-order valence-electron chi connectivity index (χ1n) is 6.69. The maximum Gasteiger partial charge on any atom is 0.0950 e. The third-order valence-electron chi connectivity index (χ3n) is 3.62. The molecule has 0 spiro atoms. The quantitative estimate of drug-likeness (QED) is 0.719. The molecular weight excluding hydrogens is 212 g/mol. The van der Waals surface area contributed by atoms with Crippen molar-refractivity contribution in [2.75, 3.05) is 13.1 Å². The Morgan fingerprint density at radius 1 is 1.53 bits per heavy atom. The van der Waals surface area contributed by atoms with Gasteiger partial charge in [0.15, 0.2) is 0 Å². The summed E-state index contributed by atoms with van der Waals surface area (Å²) in [5.74, 6) is 0. The van der Waals surface area contributed by atoms with E-state index >= 15 is 0 Å². The molecule has 0 aliphatic heterocycles. The van der Waals surface area contributed by atoms with Crippen molar-refractivity contribution in [3.8, 4) is 0 Å². The molecule has 0 saturated heterocycles. The summed E-state index contributed by atoms with van der Waals surface area (Å²) in [7, 11) is 0. The number of nitrogens with one attached hydrogen (secondary N) is 1. The monoisotopic (exact) mass is 236 g/mol. The molecule has 0 aromatic carbocycles. The fourth-order valence-corrected chi connectivity index (χ4v) is 2.45. The molecule has 1 fully saturated rings. The third-order valence-corrected chi connectivity index (χ3v) is 3.62. The summed E-state index contributed by atoms with van der Waals surface area (Å²) in [6.07, 6.45) is 9.40. The summed E-state index contributed by atoms with van der Waals surface area (Å²) in [6, 6.07) is 0. The van der Waals surface area contributed by atoms with Gasteiger partial charge in [-0.15, -0.1) is 0 Å². The van der Waals surface area contributed by atoms with Crippen LogP contribution in [-0.4, -0.2) is 22.6 Å². The van der Waals surface area contributed by atoms with Crippen molar-refractivity contribution in [3.05, 3.63) is 18.2 Å². The predicted molar refractivity (Wildman–Crippen MR) is 69.6 cm³/mol. The molecule has 1 heterocycles. The average molecular weight is 236 g/mol. The van der Waals surface area contributed by atoms with Gasteiger partial charge in [-0.1, -0.05) is 13.3 Å². The standard InChI is InChI=1S/C13H24N4/c1-2-3-13(4-5-13)10-15-8-12-9-17(7-6-14)11-16-12/h9,11,15H,2-8,10,14H2,1H3. The van der Waals surface area contributed by atoms with Crippen LogP contribution in [0.25, 0.3) is 0 Å². The second kappa shape index (κ2) is 5.65. The molecular formula is C13H24N4. The lowest BCUT2D eigenvalue weighted by Gasteiger charge is -2.14. The van der Waals surface area contributed by atoms with Gasteiger partial charge >= 0.3 is 0 Å². The molecule has 1 aliphatic carbocycles. The smallest absolute Gasteiger partial charge is 0.0950 e. The van der Waals surface area contributed by atoms with Crippen LogP contribution in [-0.2, 0) is 13.1 Å². The molecule has 0 atom stereocenters. The number of hydrogen-bond donors (Lipinski definition) is 2. The topological polar surface area (TPSA) is 55.9 Å². The Labute approximate surface area is 104 Å². The molecule has 3 N–H and O–H groups in total. The van der Waals surface area contributed by atoms with Crippen LogP contribution < -0.4 is 11.1 Å². The largest absolute Gasteiger partial charge is 0.336 e. The van der Waals surface area contributed by atoms with Crippen molar-refractivity contribution in [2.24, 2.45) is 11.1 Å². The molecule has 1 aliphatic rings. The molecule has 17 heavy (non-hydrogen) atoms. The van der Waals surface area contributed by atoms with Crippen LogP contribution >= 0.6 is 0 Å². The maximum atomic E-state index is 5.50. The van der Waals surface area contributed by atoms with Crippen LogP contribution in [0.2, 0.25) is 0 Å². The van der Waals surface area contributed by atoms with E-state index in [9.17, 15) is 0 Å². The van der Waals surface area contributed by atoms with Gasteiger partial charge in [0.2, 0.25) is 0 Å². The van der Waals surface area contributed by atoms with E-state index in [1.54, 1.807) is 0 Å². The van der Waals surface area contributed by atoms with Crippen LogP contribution in [0.4, 0.5) is 0 Å². The molecule has 2 rings (SSSR count). The van der Waals surface area contributed by atoms with E-state index in [4.69, 9.17) is 5.73 Å². The predicted octanol–water partition coefficient (Wildman–Crippen LogP) is 1.51. The van der Waals surface area contributed by atoms with E-state index < -0.39 is 0 Å². The van der Waals surface area contributed by atoms with E-state index in [-0.39, 0.29) is 0 Å². The molecule has 0 amide bonds. The van der Waals surface area contributed by atoms with Crippen LogP contribution in [0.3, 0.4) is 0 Å². The molecule has 0 radical (unpaired) electrons. The number of hydrogen-bond acceptors (Lipinski definition) is 3. The van der Waals surface area contributed by atoms with Crippen LogP contribution in [0.15, 0.2) is 12.5 Å². The minimum Gasteiger partial charge on any atom is -0.336 e. The molecule has 0 unspecified atom stereocenters. The van der Waals surface area contributed by atoms with E-state index in [0.717, 1.165) is 25.3 Å². The second-order valence-electron chi connectivity index (χ2n) is 5.25. The second-order valence-corrected chi connectivity index (χ2v) is 5.25. The van der Waals surface area contributed by atoms with Gasteiger partial charge in [-0.05, 0) is 24.7 Å². The van der Waals surface area contributed by atoms with Gasteiger partial charge in [0.1, 0.15) is 0 Å². The lowest BCUT2D eigenvalue weighted by molar-refractivity contribution is 0.419. The number of imidazole rings is 1. The van der Waals surface area contributed by atoms with Gasteiger partial charge < -0.3 is 15.6 Å². The number of aromatic nitrogens is 2. The van der Waals surface area contributed by atoms with E-state index in [2.05, 4.69) is 28.0 Å². The lowest BCUT2D eigenvalue weighted by atomic mass is 10.0. The van der Waals surface area contributed by atoms with Crippen molar-refractivity contribution in [2.45, 2.75) is 45.7 Å². The minimum absolute atomic E-state index is 0.620. The zero-order valence-corrected chi connectivity index (χ0v) is 10.8. The van der Waals surface area contributed by atoms with Crippen molar-refractivity contribution in [3.63, 3.8) is 0 Å². The molecule has 4 nitrogen and oxygen atoms in total. The Balaban J connectivity index is 1.70. The first-order valence-corrected chi connectivity index (χ1v) is 6.69. The molecule has 0 bridgehead atoms. The third kappa shape index (κ3) is 3.54. The zero-order valence-electron chi connectivity index (χ0n) is 10.8. The fourth-order valence-electron chi connectivity index (χ4n) is 2.45. The molecule has 1 aromatic rings. The highest BCUT2D eigenvalue weighted by atomic mass is 15.1. The van der Waals surface area contributed by atoms with Gasteiger partial charge in [0.25, 0.3) is 0 Å². The Morgan fingerprint density at radius 2 is 2.35 bits per heavy atom. The first-order chi connectivity index (χ1) is 8.28. The van der Waals surface area contributed by atoms with Crippen molar-refractivity contribution >= 4 is 0 Å². The maximum absolute atomic E-state index is 5.50. The number of nitrogens with two attached hydrogens (primary N) is 1. The fraction of sp³-hybridized carbons (Fsp3) is 0.769. The van der Waals surface area contributed by atoms with Crippen molar-refractivity contribution in [1.29, 1.82) is 0 Å². The van der Waals surface area contributed by atoms with E-state index in [1.807, 2.05) is 6.33 Å². The van der Waals surface area contributed by atoms with Crippen molar-refractivity contribution in [1.82, 2.24) is 14.9 Å². The Morgan fingerprint density at radius 3 is 3.00 bits per heavy atom. The van der Waals surface area contributed by atoms with Crippen LogP contribution in [0.5, 0.6) is 0 Å². The summed E-state index contributed by atoms with van der Waals surface area (Å²) < 4.78 is 2.05. The Bertz CT molecular complexity index is 341. The average Bonchev–Trinajstić information content (AvgIpc) is 2.92. The van der Waals surface area contributed by atoms with Gasteiger partial charge in [-0.2, -0.15) is 0 Å². The molecule has 1 aromatic heterocycles. The van der Waals surface area contributed by atoms with Crippen LogP contribution in [0.1, 0.15) is 38.3 Å². The summed E-state index contributed by atoms with van der Waals surface area (Å²) in [5.41, 5.74) is 7.24. The summed E-state index contributed by atoms with van der Waals surface area (Å²) >= 11 is 0. The number of nitrogens with zero attached hydrogens (tertiary/aromatic N) is 2. The van der Waals surface area contributed by atoms with Gasteiger partial charge in [-0.25, -0.2) is 4.98 Å². The zero-order chi connectivity index (χ0) is 12.1. The molecule has 4 heteroatoms. The summed E-state index contributed by atoms with van der Waals surface area (Å²) in [5, 5.41) is 3.54. The molecule has 1 saturated carbocycles. The van der Waals surface area contributed by atoms with Gasteiger partial charge in [-0.3, -0.25) is 0 Å². The van der Waals surface area contributed by atoms with E-state index in [1.165, 1.54) is 25.7 Å². The summed E-state index contributed by atoms with van der Waals surface area (Å²) in [4.78, 5) is 4.37. The van der Waals surface area contributed by atoms with Gasteiger partial charge in [0.05, 0.1) is 12.0 Å². The Hall–Kier alpha value is -0.870. The summed E-state index contributed by atoms with van der Waals surface area (Å²) in [6.45, 7) is 5.82. The number of rotatable bonds is 8.